The van der Waals surface area contributed by atoms with Crippen molar-refractivity contribution in [2.45, 2.75) is 12.6 Å². The van der Waals surface area contributed by atoms with Gasteiger partial charge in [-0.25, -0.2) is 4.98 Å². The number of imidazole rings is 1. The van der Waals surface area contributed by atoms with E-state index in [1.807, 2.05) is 0 Å². The summed E-state index contributed by atoms with van der Waals surface area (Å²) < 4.78 is 0. The van der Waals surface area contributed by atoms with Crippen LogP contribution in [0.2, 0.25) is 0 Å². The summed E-state index contributed by atoms with van der Waals surface area (Å²) >= 11 is 0. The molecule has 5 heteroatoms. The van der Waals surface area contributed by atoms with Crippen LogP contribution in [0.5, 0.6) is 0 Å². The van der Waals surface area contributed by atoms with Crippen molar-refractivity contribution in [1.82, 2.24) is 14.9 Å². The fourth-order valence-corrected chi connectivity index (χ4v) is 1.85. The molecule has 0 bridgehead atoms. The summed E-state index contributed by atoms with van der Waals surface area (Å²) in [4.78, 5) is 9.22. The molecule has 14 heavy (non-hydrogen) atoms. The standard InChI is InChI=1S/C9H15N3O2/c13-6-7-3-12(4-8(7)14)5-9-10-1-2-11-9/h1-2,7-8,13-14H,3-6H2,(H,10,11)/t7-,8+/m1/s1. The van der Waals surface area contributed by atoms with Crippen LogP contribution >= 0.6 is 0 Å². The van der Waals surface area contributed by atoms with Crippen LogP contribution in [-0.4, -0.2) is 50.9 Å². The third-order valence-electron chi connectivity index (χ3n) is 2.64. The molecule has 3 N–H and O–H groups in total. The topological polar surface area (TPSA) is 72.4 Å². The maximum atomic E-state index is 9.56. The molecule has 0 aromatic carbocycles. The molecule has 78 valence electrons. The first-order chi connectivity index (χ1) is 6.79. The minimum atomic E-state index is -0.407. The minimum absolute atomic E-state index is 0.00929. The molecule has 0 radical (unpaired) electrons. The van der Waals surface area contributed by atoms with Gasteiger partial charge in [0.25, 0.3) is 0 Å². The number of rotatable bonds is 3. The van der Waals surface area contributed by atoms with E-state index in [-0.39, 0.29) is 12.5 Å². The van der Waals surface area contributed by atoms with Crippen molar-refractivity contribution >= 4 is 0 Å². The van der Waals surface area contributed by atoms with E-state index >= 15 is 0 Å². The number of aliphatic hydroxyl groups is 2. The lowest BCUT2D eigenvalue weighted by atomic mass is 10.1. The minimum Gasteiger partial charge on any atom is -0.396 e. The zero-order valence-electron chi connectivity index (χ0n) is 7.93. The lowest BCUT2D eigenvalue weighted by molar-refractivity contribution is 0.103. The van der Waals surface area contributed by atoms with Gasteiger partial charge in [0.15, 0.2) is 0 Å². The second-order valence-electron chi connectivity index (χ2n) is 3.74. The molecule has 1 saturated heterocycles. The van der Waals surface area contributed by atoms with Crippen molar-refractivity contribution in [1.29, 1.82) is 0 Å². The zero-order chi connectivity index (χ0) is 9.97. The first kappa shape index (κ1) is 9.64. The number of nitrogens with zero attached hydrogens (tertiary/aromatic N) is 2. The number of H-pyrrole nitrogens is 1. The average molecular weight is 197 g/mol. The van der Waals surface area contributed by atoms with Crippen LogP contribution < -0.4 is 0 Å². The van der Waals surface area contributed by atoms with E-state index in [4.69, 9.17) is 5.11 Å². The number of aromatic amines is 1. The van der Waals surface area contributed by atoms with Gasteiger partial charge in [-0.05, 0) is 0 Å². The quantitative estimate of drug-likeness (QED) is 0.593. The Kier molecular flexibility index (Phi) is 2.81. The Morgan fingerprint density at radius 2 is 2.43 bits per heavy atom. The fourth-order valence-electron chi connectivity index (χ4n) is 1.85. The summed E-state index contributed by atoms with van der Waals surface area (Å²) in [5, 5.41) is 18.5. The Morgan fingerprint density at radius 1 is 1.57 bits per heavy atom. The molecule has 0 aliphatic carbocycles. The van der Waals surface area contributed by atoms with Gasteiger partial charge in [0.2, 0.25) is 0 Å². The second kappa shape index (κ2) is 4.08. The van der Waals surface area contributed by atoms with Crippen LogP contribution in [-0.2, 0) is 6.54 Å². The van der Waals surface area contributed by atoms with Gasteiger partial charge in [0.05, 0.1) is 12.6 Å². The maximum Gasteiger partial charge on any atom is 0.120 e. The Morgan fingerprint density at radius 3 is 3.00 bits per heavy atom. The number of nitrogens with one attached hydrogen (secondary N) is 1. The van der Waals surface area contributed by atoms with Gasteiger partial charge in [-0.3, -0.25) is 4.90 Å². The highest BCUT2D eigenvalue weighted by molar-refractivity contribution is 4.91. The summed E-state index contributed by atoms with van der Waals surface area (Å²) in [7, 11) is 0. The van der Waals surface area contributed by atoms with E-state index in [0.717, 1.165) is 12.4 Å². The van der Waals surface area contributed by atoms with Gasteiger partial charge in [-0.2, -0.15) is 0 Å². The fraction of sp³-hybridized carbons (Fsp3) is 0.667. The predicted molar refractivity (Wildman–Crippen MR) is 50.4 cm³/mol. The van der Waals surface area contributed by atoms with Crippen molar-refractivity contribution in [3.8, 4) is 0 Å². The van der Waals surface area contributed by atoms with Crippen LogP contribution in [0.1, 0.15) is 5.82 Å². The lowest BCUT2D eigenvalue weighted by Gasteiger charge is -2.12. The third kappa shape index (κ3) is 1.95. The lowest BCUT2D eigenvalue weighted by Crippen LogP contribution is -2.22. The molecule has 1 aromatic heterocycles. The highest BCUT2D eigenvalue weighted by Gasteiger charge is 2.30. The number of β-amino-alcohol motifs (C(OH)–C–C–N with tert-alkyl or cyclic N) is 1. The number of hydrogen-bond donors (Lipinski definition) is 3. The number of aliphatic hydroxyl groups excluding tert-OH is 2. The molecule has 1 aliphatic rings. The van der Waals surface area contributed by atoms with Crippen LogP contribution in [0.4, 0.5) is 0 Å². The molecular formula is C9H15N3O2. The Hall–Kier alpha value is -0.910. The smallest absolute Gasteiger partial charge is 0.120 e. The number of likely N-dealkylation sites (tertiary alicyclic amines) is 1. The van der Waals surface area contributed by atoms with E-state index in [1.54, 1.807) is 12.4 Å². The van der Waals surface area contributed by atoms with Crippen molar-refractivity contribution in [2.75, 3.05) is 19.7 Å². The summed E-state index contributed by atoms with van der Waals surface area (Å²) in [6.45, 7) is 2.11. The largest absolute Gasteiger partial charge is 0.396 e. The molecule has 5 nitrogen and oxygen atoms in total. The van der Waals surface area contributed by atoms with E-state index in [1.165, 1.54) is 0 Å². The Balaban J connectivity index is 1.89. The average Bonchev–Trinajstić information content (AvgIpc) is 2.76. The Bertz CT molecular complexity index is 276. The van der Waals surface area contributed by atoms with Crippen molar-refractivity contribution in [3.63, 3.8) is 0 Å². The second-order valence-corrected chi connectivity index (χ2v) is 3.74. The van der Waals surface area contributed by atoms with Crippen molar-refractivity contribution < 1.29 is 10.2 Å². The maximum absolute atomic E-state index is 9.56. The normalized spacial score (nSPS) is 28.4. The highest BCUT2D eigenvalue weighted by atomic mass is 16.3. The molecule has 0 saturated carbocycles. The van der Waals surface area contributed by atoms with E-state index in [0.29, 0.717) is 13.1 Å². The van der Waals surface area contributed by atoms with Crippen molar-refractivity contribution in [2.24, 2.45) is 5.92 Å². The van der Waals surface area contributed by atoms with Crippen molar-refractivity contribution in [3.05, 3.63) is 18.2 Å². The molecule has 2 heterocycles. The van der Waals surface area contributed by atoms with E-state index in [2.05, 4.69) is 14.9 Å². The van der Waals surface area contributed by atoms with Crippen LogP contribution in [0.3, 0.4) is 0 Å². The number of aromatic nitrogens is 2. The molecule has 0 unspecified atom stereocenters. The summed E-state index contributed by atoms with van der Waals surface area (Å²) in [5.41, 5.74) is 0. The van der Waals surface area contributed by atoms with Crippen LogP contribution in [0, 0.1) is 5.92 Å². The first-order valence-corrected chi connectivity index (χ1v) is 4.79. The SMILES string of the molecule is OC[C@H]1CN(Cc2ncc[nH]2)C[C@@H]1O. The molecule has 2 atom stereocenters. The molecule has 0 amide bonds. The van der Waals surface area contributed by atoms with E-state index < -0.39 is 6.10 Å². The summed E-state index contributed by atoms with van der Waals surface area (Å²) in [6.07, 6.45) is 3.09. The molecule has 1 aliphatic heterocycles. The molecule has 2 rings (SSSR count). The molecule has 1 fully saturated rings. The van der Waals surface area contributed by atoms with Gasteiger partial charge in [0.1, 0.15) is 5.82 Å². The molecule has 1 aromatic rings. The van der Waals surface area contributed by atoms with Gasteiger partial charge >= 0.3 is 0 Å². The number of hydrogen-bond acceptors (Lipinski definition) is 4. The summed E-state index contributed by atoms with van der Waals surface area (Å²) in [5.74, 6) is 0.890. The van der Waals surface area contributed by atoms with Gasteiger partial charge in [-0.1, -0.05) is 0 Å². The van der Waals surface area contributed by atoms with Gasteiger partial charge < -0.3 is 15.2 Å². The van der Waals surface area contributed by atoms with Crippen LogP contribution in [0.15, 0.2) is 12.4 Å². The first-order valence-electron chi connectivity index (χ1n) is 4.79. The summed E-state index contributed by atoms with van der Waals surface area (Å²) in [6, 6.07) is 0. The predicted octanol–water partition coefficient (Wildman–Crippen LogP) is -0.805. The van der Waals surface area contributed by atoms with E-state index in [9.17, 15) is 5.11 Å². The zero-order valence-corrected chi connectivity index (χ0v) is 7.93. The van der Waals surface area contributed by atoms with Gasteiger partial charge in [-0.15, -0.1) is 0 Å². The van der Waals surface area contributed by atoms with Gasteiger partial charge in [0, 0.05) is 38.0 Å². The third-order valence-corrected chi connectivity index (χ3v) is 2.64. The monoisotopic (exact) mass is 197 g/mol. The van der Waals surface area contributed by atoms with Crippen LogP contribution in [0.25, 0.3) is 0 Å². The molecular weight excluding hydrogens is 182 g/mol. The Labute approximate surface area is 82.4 Å². The highest BCUT2D eigenvalue weighted by Crippen LogP contribution is 2.17. The molecule has 0 spiro atoms.